The maximum Gasteiger partial charge on any atom is 0.417 e. The molecule has 0 radical (unpaired) electrons. The molecule has 1 fully saturated rings. The second kappa shape index (κ2) is 12.2. The lowest BCUT2D eigenvalue weighted by Crippen LogP contribution is -2.39. The molecule has 0 amide bonds. The first kappa shape index (κ1) is 32.7. The number of aromatic amines is 1. The predicted octanol–water partition coefficient (Wildman–Crippen LogP) is 6.22. The summed E-state index contributed by atoms with van der Waals surface area (Å²) in [7, 11) is 2.02. The molecule has 0 aliphatic carbocycles. The molecule has 3 N–H and O–H groups in total. The maximum atomic E-state index is 17.1. The third kappa shape index (κ3) is 5.81. The van der Waals surface area contributed by atoms with E-state index in [-0.39, 0.29) is 70.0 Å². The average Bonchev–Trinajstić information content (AvgIpc) is 3.46. The number of nitrogens with two attached hydrogens (primary N) is 1. The minimum absolute atomic E-state index is 0.0226. The number of hydrogen-bond acceptors (Lipinski definition) is 10. The Balaban J connectivity index is 1.48. The van der Waals surface area contributed by atoms with Gasteiger partial charge in [0, 0.05) is 29.0 Å². The topological polar surface area (TPSA) is 131 Å². The van der Waals surface area contributed by atoms with Gasteiger partial charge < -0.3 is 25.0 Å². The van der Waals surface area contributed by atoms with Gasteiger partial charge in [-0.2, -0.15) is 28.2 Å². The van der Waals surface area contributed by atoms with Gasteiger partial charge >= 0.3 is 12.2 Å². The van der Waals surface area contributed by atoms with Gasteiger partial charge in [-0.1, -0.05) is 0 Å². The summed E-state index contributed by atoms with van der Waals surface area (Å²) in [5.41, 5.74) is 4.15. The lowest BCUT2D eigenvalue weighted by Gasteiger charge is -2.35. The molecule has 2 aliphatic heterocycles. The Bertz CT molecular complexity index is 2070. The van der Waals surface area contributed by atoms with Crippen molar-refractivity contribution in [2.45, 2.75) is 51.9 Å². The SMILES string of the molecule is Cc1cc2[nH]ncc2c(-c2nc3c4c(nc(OCC5CCCN(C)C5)nc4c2F)N(C(C)c2cc(F)cnc2N)[C@@H](C)CO3)c1C(F)(F)F. The number of nitrogens with zero attached hydrogens (tertiary/aromatic N) is 7. The molecule has 0 bridgehead atoms. The van der Waals surface area contributed by atoms with Gasteiger partial charge in [0.25, 0.3) is 0 Å². The Morgan fingerprint density at radius 1 is 1.16 bits per heavy atom. The largest absolute Gasteiger partial charge is 0.475 e. The van der Waals surface area contributed by atoms with Crippen LogP contribution in [0.1, 0.15) is 49.4 Å². The second-order valence-electron chi connectivity index (χ2n) is 12.9. The van der Waals surface area contributed by atoms with Crippen LogP contribution < -0.4 is 20.1 Å². The Hall–Kier alpha value is -4.86. The molecule has 6 heterocycles. The normalized spacial score (nSPS) is 19.2. The zero-order valence-electron chi connectivity index (χ0n) is 27.2. The third-order valence-corrected chi connectivity index (χ3v) is 9.31. The van der Waals surface area contributed by atoms with Crippen LogP contribution in [-0.2, 0) is 6.18 Å². The van der Waals surface area contributed by atoms with Crippen molar-refractivity contribution >= 4 is 33.4 Å². The highest BCUT2D eigenvalue weighted by atomic mass is 19.4. The highest BCUT2D eigenvalue weighted by Crippen LogP contribution is 2.47. The zero-order valence-corrected chi connectivity index (χ0v) is 27.2. The number of benzene rings is 1. The van der Waals surface area contributed by atoms with Crippen LogP contribution in [0.25, 0.3) is 33.1 Å². The Morgan fingerprint density at radius 3 is 2.71 bits per heavy atom. The number of pyridine rings is 2. The minimum Gasteiger partial charge on any atom is -0.475 e. The number of aromatic nitrogens is 6. The lowest BCUT2D eigenvalue weighted by molar-refractivity contribution is -0.137. The van der Waals surface area contributed by atoms with Crippen molar-refractivity contribution in [2.24, 2.45) is 5.92 Å². The van der Waals surface area contributed by atoms with Crippen molar-refractivity contribution in [1.82, 2.24) is 35.0 Å². The van der Waals surface area contributed by atoms with Crippen LogP contribution in [0, 0.1) is 24.5 Å². The van der Waals surface area contributed by atoms with E-state index in [2.05, 4.69) is 30.0 Å². The Labute approximate surface area is 277 Å². The van der Waals surface area contributed by atoms with E-state index in [0.717, 1.165) is 32.1 Å². The van der Waals surface area contributed by atoms with E-state index in [1.165, 1.54) is 25.3 Å². The van der Waals surface area contributed by atoms with Crippen molar-refractivity contribution in [2.75, 3.05) is 44.0 Å². The zero-order chi connectivity index (χ0) is 34.8. The van der Waals surface area contributed by atoms with Crippen LogP contribution in [0.15, 0.2) is 24.5 Å². The van der Waals surface area contributed by atoms with E-state index in [1.54, 1.807) is 11.8 Å². The highest BCUT2D eigenvalue weighted by molar-refractivity contribution is 6.02. The van der Waals surface area contributed by atoms with Gasteiger partial charge in [0.1, 0.15) is 40.7 Å². The molecule has 1 aromatic carbocycles. The number of likely N-dealkylation sites (tertiary alicyclic amines) is 1. The summed E-state index contributed by atoms with van der Waals surface area (Å²) in [6, 6.07) is 1.22. The standard InChI is InChI=1S/C33H34F5N9O2/c1-15-8-22-21(11-41-45-22)23(25(15)33(36,37)38)27-26(35)28-24-30(44-32(43-28)49-14-18-6-5-7-46(4)12-18)47(16(2)13-48-31(24)42-27)17(3)20-9-19(34)10-40-29(20)39/h8-11,16-18H,5-7,12-14H2,1-4H3,(H2,39,40)(H,41,45)/t16-,17?,18?/m0/s1. The molecular weight excluding hydrogens is 649 g/mol. The number of nitrogen functional groups attached to an aromatic ring is 1. The van der Waals surface area contributed by atoms with Crippen LogP contribution in [-0.4, -0.2) is 74.4 Å². The Kier molecular flexibility index (Phi) is 8.16. The summed E-state index contributed by atoms with van der Waals surface area (Å²) in [4.78, 5) is 21.5. The lowest BCUT2D eigenvalue weighted by atomic mass is 9.94. The number of alkyl halides is 3. The predicted molar refractivity (Wildman–Crippen MR) is 172 cm³/mol. The fraction of sp³-hybridized carbons (Fsp3) is 0.424. The quantitative estimate of drug-likeness (QED) is 0.199. The molecule has 2 unspecified atom stereocenters. The molecule has 11 nitrogen and oxygen atoms in total. The van der Waals surface area contributed by atoms with Crippen LogP contribution in [0.4, 0.5) is 33.6 Å². The van der Waals surface area contributed by atoms with E-state index in [4.69, 9.17) is 20.2 Å². The van der Waals surface area contributed by atoms with Gasteiger partial charge in [-0.25, -0.2) is 18.7 Å². The van der Waals surface area contributed by atoms with Crippen molar-refractivity contribution in [3.63, 3.8) is 0 Å². The first-order chi connectivity index (χ1) is 23.3. The summed E-state index contributed by atoms with van der Waals surface area (Å²) in [6.45, 7) is 6.80. The minimum atomic E-state index is -4.86. The van der Waals surface area contributed by atoms with Crippen LogP contribution in [0.3, 0.4) is 0 Å². The van der Waals surface area contributed by atoms with Gasteiger partial charge in [0.2, 0.25) is 5.88 Å². The van der Waals surface area contributed by atoms with E-state index in [0.29, 0.717) is 5.56 Å². The Morgan fingerprint density at radius 2 is 1.96 bits per heavy atom. The third-order valence-electron chi connectivity index (χ3n) is 9.31. The molecule has 16 heteroatoms. The number of halogens is 5. The molecule has 7 rings (SSSR count). The van der Waals surface area contributed by atoms with Crippen molar-refractivity contribution < 1.29 is 31.4 Å². The number of nitrogens with one attached hydrogen (secondary N) is 1. The highest BCUT2D eigenvalue weighted by Gasteiger charge is 2.40. The van der Waals surface area contributed by atoms with Crippen molar-refractivity contribution in [3.05, 3.63) is 52.9 Å². The molecule has 3 atom stereocenters. The first-order valence-electron chi connectivity index (χ1n) is 15.9. The molecule has 258 valence electrons. The first-order valence-corrected chi connectivity index (χ1v) is 15.9. The number of fused-ring (bicyclic) bond motifs is 1. The molecular formula is C33H34F5N9O2. The summed E-state index contributed by atoms with van der Waals surface area (Å²) >= 11 is 0. The van der Waals surface area contributed by atoms with Gasteiger partial charge in [-0.15, -0.1) is 0 Å². The monoisotopic (exact) mass is 683 g/mol. The number of aryl methyl sites for hydroxylation is 1. The smallest absolute Gasteiger partial charge is 0.417 e. The fourth-order valence-electron chi connectivity index (χ4n) is 7.07. The average molecular weight is 684 g/mol. The van der Waals surface area contributed by atoms with Gasteiger partial charge in [-0.05, 0) is 64.9 Å². The maximum absolute atomic E-state index is 17.1. The second-order valence-corrected chi connectivity index (χ2v) is 12.9. The summed E-state index contributed by atoms with van der Waals surface area (Å²) < 4.78 is 87.7. The van der Waals surface area contributed by atoms with E-state index < -0.39 is 46.7 Å². The van der Waals surface area contributed by atoms with Crippen LogP contribution in [0.5, 0.6) is 11.9 Å². The van der Waals surface area contributed by atoms with Crippen molar-refractivity contribution in [3.8, 4) is 23.1 Å². The number of rotatable bonds is 6. The van der Waals surface area contributed by atoms with E-state index in [9.17, 15) is 17.6 Å². The number of hydrogen-bond donors (Lipinski definition) is 2. The fourth-order valence-corrected chi connectivity index (χ4v) is 7.07. The molecule has 5 aromatic rings. The molecule has 0 spiro atoms. The summed E-state index contributed by atoms with van der Waals surface area (Å²) in [5.74, 6) is -1.52. The van der Waals surface area contributed by atoms with Gasteiger partial charge in [0.05, 0.1) is 42.2 Å². The number of anilines is 2. The van der Waals surface area contributed by atoms with Gasteiger partial charge in [-0.3, -0.25) is 5.10 Å². The number of ether oxygens (including phenoxy) is 2. The number of H-pyrrole nitrogens is 1. The molecule has 4 aromatic heterocycles. The van der Waals surface area contributed by atoms with Crippen LogP contribution in [0.2, 0.25) is 0 Å². The van der Waals surface area contributed by atoms with E-state index >= 15 is 4.39 Å². The molecule has 0 saturated carbocycles. The summed E-state index contributed by atoms with van der Waals surface area (Å²) in [6.07, 6.45) is -0.767. The van der Waals surface area contributed by atoms with E-state index in [1.807, 2.05) is 14.0 Å². The number of piperidine rings is 1. The summed E-state index contributed by atoms with van der Waals surface area (Å²) in [5, 5.41) is 6.65. The molecule has 1 saturated heterocycles. The van der Waals surface area contributed by atoms with Gasteiger partial charge in [0.15, 0.2) is 5.82 Å². The molecule has 2 aliphatic rings. The van der Waals surface area contributed by atoms with Crippen molar-refractivity contribution in [1.29, 1.82) is 0 Å². The van der Waals surface area contributed by atoms with Crippen LogP contribution >= 0.6 is 0 Å². The molecule has 49 heavy (non-hydrogen) atoms.